The van der Waals surface area contributed by atoms with E-state index in [4.69, 9.17) is 4.74 Å². The van der Waals surface area contributed by atoms with E-state index < -0.39 is 10.0 Å². The molecule has 3 heterocycles. The van der Waals surface area contributed by atoms with Crippen LogP contribution in [0.3, 0.4) is 0 Å². The Hall–Kier alpha value is -1.71. The van der Waals surface area contributed by atoms with Crippen molar-refractivity contribution < 1.29 is 17.9 Å². The maximum absolute atomic E-state index is 13.0. The number of morpholine rings is 1. The second-order valence-corrected chi connectivity index (χ2v) is 8.38. The van der Waals surface area contributed by atoms with Crippen molar-refractivity contribution in [2.45, 2.75) is 13.0 Å². The third-order valence-corrected chi connectivity index (χ3v) is 6.00. The average molecular weight is 368 g/mol. The molecule has 138 valence electrons. The van der Waals surface area contributed by atoms with Crippen molar-refractivity contribution in [3.63, 3.8) is 0 Å². The minimum atomic E-state index is -3.25. The molecule has 1 amide bonds. The summed E-state index contributed by atoms with van der Waals surface area (Å²) in [6.07, 6.45) is 2.89. The normalized spacial score (nSPS) is 22.9. The molecule has 0 N–H and O–H groups in total. The van der Waals surface area contributed by atoms with E-state index in [1.54, 1.807) is 23.2 Å². The number of carbonyl (C=O) groups excluding carboxylic acids is 1. The molecule has 0 saturated carbocycles. The number of hydrogen-bond donors (Lipinski definition) is 0. The number of hydrogen-bond acceptors (Lipinski definition) is 6. The first-order chi connectivity index (χ1) is 11.9. The minimum absolute atomic E-state index is 0.102. The molecule has 2 aliphatic heterocycles. The summed E-state index contributed by atoms with van der Waals surface area (Å²) in [7, 11) is -3.25. The van der Waals surface area contributed by atoms with Gasteiger partial charge in [0.05, 0.1) is 25.0 Å². The Bertz CT molecular complexity index is 733. The molecule has 0 unspecified atom stereocenters. The van der Waals surface area contributed by atoms with Gasteiger partial charge in [0.25, 0.3) is 5.91 Å². The van der Waals surface area contributed by atoms with Crippen LogP contribution < -0.4 is 4.90 Å². The molecule has 3 rings (SSSR count). The molecule has 1 atom stereocenters. The monoisotopic (exact) mass is 368 g/mol. The fraction of sp³-hybridized carbons (Fsp3) is 0.625. The molecular weight excluding hydrogens is 344 g/mol. The fourth-order valence-electron chi connectivity index (χ4n) is 3.38. The highest BCUT2D eigenvalue weighted by molar-refractivity contribution is 7.88. The largest absolute Gasteiger partial charge is 0.378 e. The Morgan fingerprint density at radius 3 is 2.60 bits per heavy atom. The van der Waals surface area contributed by atoms with E-state index in [1.165, 1.54) is 10.6 Å². The third-order valence-electron chi connectivity index (χ3n) is 4.61. The molecule has 9 heteroatoms. The smallest absolute Gasteiger partial charge is 0.257 e. The van der Waals surface area contributed by atoms with Crippen molar-refractivity contribution in [3.8, 4) is 0 Å². The van der Waals surface area contributed by atoms with Crippen LogP contribution in [0.1, 0.15) is 17.3 Å². The summed E-state index contributed by atoms with van der Waals surface area (Å²) in [5.41, 5.74) is 0.560. The maximum Gasteiger partial charge on any atom is 0.257 e. The molecule has 0 aliphatic carbocycles. The van der Waals surface area contributed by atoms with Gasteiger partial charge < -0.3 is 14.5 Å². The lowest BCUT2D eigenvalue weighted by Gasteiger charge is -2.38. The Labute approximate surface area is 148 Å². The fourth-order valence-corrected chi connectivity index (χ4v) is 4.51. The van der Waals surface area contributed by atoms with Crippen molar-refractivity contribution in [2.75, 3.05) is 57.1 Å². The average Bonchev–Trinajstić information content (AvgIpc) is 2.60. The van der Waals surface area contributed by atoms with Crippen LogP contribution in [0, 0.1) is 0 Å². The zero-order chi connectivity index (χ0) is 18.0. The zero-order valence-corrected chi connectivity index (χ0v) is 15.4. The Morgan fingerprint density at radius 2 is 1.96 bits per heavy atom. The Balaban J connectivity index is 1.78. The van der Waals surface area contributed by atoms with Gasteiger partial charge in [0.2, 0.25) is 10.0 Å². The van der Waals surface area contributed by atoms with Crippen molar-refractivity contribution in [1.82, 2.24) is 14.2 Å². The molecule has 25 heavy (non-hydrogen) atoms. The van der Waals surface area contributed by atoms with Gasteiger partial charge in [0, 0.05) is 45.0 Å². The van der Waals surface area contributed by atoms with E-state index in [-0.39, 0.29) is 11.9 Å². The molecule has 2 aliphatic rings. The van der Waals surface area contributed by atoms with Gasteiger partial charge in [0.1, 0.15) is 5.82 Å². The lowest BCUT2D eigenvalue weighted by Crippen LogP contribution is -2.55. The zero-order valence-electron chi connectivity index (χ0n) is 14.6. The first-order valence-electron chi connectivity index (χ1n) is 8.41. The molecule has 2 fully saturated rings. The first kappa shape index (κ1) is 18.1. The Kier molecular flexibility index (Phi) is 5.26. The number of aromatic nitrogens is 1. The highest BCUT2D eigenvalue weighted by Gasteiger charge is 2.33. The van der Waals surface area contributed by atoms with E-state index in [2.05, 4.69) is 9.88 Å². The molecule has 8 nitrogen and oxygen atoms in total. The van der Waals surface area contributed by atoms with Crippen LogP contribution in [0.5, 0.6) is 0 Å². The van der Waals surface area contributed by atoms with Crippen molar-refractivity contribution in [2.24, 2.45) is 0 Å². The van der Waals surface area contributed by atoms with E-state index in [0.717, 1.165) is 0 Å². The molecule has 0 radical (unpaired) electrons. The second-order valence-electron chi connectivity index (χ2n) is 6.45. The molecule has 1 aromatic rings. The van der Waals surface area contributed by atoms with Crippen molar-refractivity contribution in [1.29, 1.82) is 0 Å². The second kappa shape index (κ2) is 7.27. The van der Waals surface area contributed by atoms with Crippen LogP contribution in [0.25, 0.3) is 0 Å². The summed E-state index contributed by atoms with van der Waals surface area (Å²) in [5.74, 6) is 0.573. The van der Waals surface area contributed by atoms with Gasteiger partial charge in [-0.3, -0.25) is 4.79 Å². The SMILES string of the molecule is C[C@H]1CN(C(=O)c2cccnc2N2CCOCC2)CCN1S(C)(=O)=O. The van der Waals surface area contributed by atoms with Crippen LogP contribution in [0.4, 0.5) is 5.82 Å². The van der Waals surface area contributed by atoms with E-state index in [1.807, 2.05) is 6.92 Å². The molecular formula is C16H24N4O4S. The summed E-state index contributed by atoms with van der Waals surface area (Å²) < 4.78 is 30.4. The van der Waals surface area contributed by atoms with Gasteiger partial charge >= 0.3 is 0 Å². The van der Waals surface area contributed by atoms with Crippen LogP contribution >= 0.6 is 0 Å². The van der Waals surface area contributed by atoms with E-state index >= 15 is 0 Å². The summed E-state index contributed by atoms with van der Waals surface area (Å²) >= 11 is 0. The predicted octanol–water partition coefficient (Wildman–Crippen LogP) is 0.0241. The maximum atomic E-state index is 13.0. The van der Waals surface area contributed by atoms with Gasteiger partial charge in [-0.05, 0) is 19.1 Å². The van der Waals surface area contributed by atoms with Gasteiger partial charge in [-0.2, -0.15) is 4.31 Å². The topological polar surface area (TPSA) is 83.1 Å². The van der Waals surface area contributed by atoms with Crippen molar-refractivity contribution in [3.05, 3.63) is 23.9 Å². The van der Waals surface area contributed by atoms with Crippen LogP contribution in [0.2, 0.25) is 0 Å². The van der Waals surface area contributed by atoms with Gasteiger partial charge in [0.15, 0.2) is 0 Å². The first-order valence-corrected chi connectivity index (χ1v) is 10.3. The van der Waals surface area contributed by atoms with E-state index in [0.29, 0.717) is 57.3 Å². The molecule has 0 aromatic carbocycles. The highest BCUT2D eigenvalue weighted by atomic mass is 32.2. The summed E-state index contributed by atoms with van der Waals surface area (Å²) in [6.45, 7) is 5.55. The number of carbonyl (C=O) groups is 1. The highest BCUT2D eigenvalue weighted by Crippen LogP contribution is 2.22. The van der Waals surface area contributed by atoms with Gasteiger partial charge in [-0.1, -0.05) is 0 Å². The predicted molar refractivity (Wildman–Crippen MR) is 94.2 cm³/mol. The summed E-state index contributed by atoms with van der Waals surface area (Å²) in [4.78, 5) is 21.2. The molecule has 1 aromatic heterocycles. The minimum Gasteiger partial charge on any atom is -0.378 e. The van der Waals surface area contributed by atoms with Gasteiger partial charge in [-0.25, -0.2) is 13.4 Å². The number of pyridine rings is 1. The van der Waals surface area contributed by atoms with Crippen LogP contribution in [-0.4, -0.2) is 86.7 Å². The van der Waals surface area contributed by atoms with Crippen LogP contribution in [0.15, 0.2) is 18.3 Å². The van der Waals surface area contributed by atoms with Crippen molar-refractivity contribution >= 4 is 21.7 Å². The number of sulfonamides is 1. The lowest BCUT2D eigenvalue weighted by atomic mass is 10.1. The number of anilines is 1. The van der Waals surface area contributed by atoms with Gasteiger partial charge in [-0.15, -0.1) is 0 Å². The lowest BCUT2D eigenvalue weighted by molar-refractivity contribution is 0.0642. The molecule has 0 bridgehead atoms. The Morgan fingerprint density at radius 1 is 1.24 bits per heavy atom. The summed E-state index contributed by atoms with van der Waals surface area (Å²) in [6, 6.07) is 3.30. The quantitative estimate of drug-likeness (QED) is 0.748. The van der Waals surface area contributed by atoms with Crippen LogP contribution in [-0.2, 0) is 14.8 Å². The third kappa shape index (κ3) is 3.94. The number of piperazine rings is 1. The number of amides is 1. The number of ether oxygens (including phenoxy) is 1. The summed E-state index contributed by atoms with van der Waals surface area (Å²) in [5, 5.41) is 0. The molecule has 2 saturated heterocycles. The molecule has 0 spiro atoms. The number of rotatable bonds is 3. The standard InChI is InChI=1S/C16H24N4O4S/c1-13-12-19(6-7-20(13)25(2,22)23)16(21)14-4-3-5-17-15(14)18-8-10-24-11-9-18/h3-5,13H,6-12H2,1-2H3/t13-/m0/s1. The van der Waals surface area contributed by atoms with E-state index in [9.17, 15) is 13.2 Å². The number of nitrogens with zero attached hydrogens (tertiary/aromatic N) is 4.